The normalized spacial score (nSPS) is 27.1. The zero-order valence-corrected chi connectivity index (χ0v) is 20.3. The van der Waals surface area contributed by atoms with E-state index in [1.807, 2.05) is 0 Å². The first-order valence-corrected chi connectivity index (χ1v) is 11.7. The molecule has 1 unspecified atom stereocenters. The molecule has 4 rings (SSSR count). The summed E-state index contributed by atoms with van der Waals surface area (Å²) in [4.78, 5) is 30.8. The second kappa shape index (κ2) is 9.93. The lowest BCUT2D eigenvalue weighted by atomic mass is 9.74. The summed E-state index contributed by atoms with van der Waals surface area (Å²) in [6.45, 7) is 4.49. The maximum Gasteiger partial charge on any atom is 0.233 e. The molecule has 1 aliphatic carbocycles. The van der Waals surface area contributed by atoms with E-state index in [0.29, 0.717) is 19.0 Å². The van der Waals surface area contributed by atoms with Crippen LogP contribution < -0.4 is 15.2 Å². The maximum atomic E-state index is 13.9. The molecule has 1 aromatic rings. The van der Waals surface area contributed by atoms with Gasteiger partial charge in [0.1, 0.15) is 17.9 Å². The number of fused-ring (bicyclic) bond motifs is 1. The first kappa shape index (κ1) is 24.5. The molecule has 3 aliphatic rings. The van der Waals surface area contributed by atoms with Crippen molar-refractivity contribution in [3.05, 3.63) is 34.2 Å². The fourth-order valence-electron chi connectivity index (χ4n) is 4.60. The third-order valence-electron chi connectivity index (χ3n) is 6.18. The molecule has 2 heterocycles. The second-order valence-corrected chi connectivity index (χ2v) is 9.00. The fourth-order valence-corrected chi connectivity index (χ4v) is 4.79. The van der Waals surface area contributed by atoms with Crippen LogP contribution in [0.5, 0.6) is 11.5 Å². The summed E-state index contributed by atoms with van der Waals surface area (Å²) in [7, 11) is 1.37. The Morgan fingerprint density at radius 3 is 2.76 bits per heavy atom. The van der Waals surface area contributed by atoms with Crippen molar-refractivity contribution in [1.82, 2.24) is 0 Å². The first-order chi connectivity index (χ1) is 16.3. The predicted molar refractivity (Wildman–Crippen MR) is 124 cm³/mol. The second-order valence-electron chi connectivity index (χ2n) is 8.60. The molecular formula is C24H29ClN2O7. The molecule has 2 N–H and O–H groups in total. The van der Waals surface area contributed by atoms with Gasteiger partial charge in [-0.25, -0.2) is 4.99 Å². The van der Waals surface area contributed by atoms with E-state index in [2.05, 4.69) is 4.99 Å². The van der Waals surface area contributed by atoms with E-state index in [1.165, 1.54) is 7.11 Å². The summed E-state index contributed by atoms with van der Waals surface area (Å²) in [5, 5.41) is 0.249. The molecule has 1 spiro atoms. The minimum Gasteiger partial charge on any atom is -0.494 e. The number of ether oxygens (including phenoxy) is 5. The Kier molecular flexibility index (Phi) is 7.16. The van der Waals surface area contributed by atoms with E-state index >= 15 is 0 Å². The number of hydrogen-bond donors (Lipinski definition) is 1. The average molecular weight is 493 g/mol. The Morgan fingerprint density at radius 2 is 2.09 bits per heavy atom. The van der Waals surface area contributed by atoms with Crippen LogP contribution in [0.15, 0.2) is 28.6 Å². The number of rotatable bonds is 7. The highest BCUT2D eigenvalue weighted by molar-refractivity contribution is 6.33. The number of amidine groups is 1. The Labute approximate surface area is 203 Å². The SMILES string of the molecule is COC1=C(N=C(C)N)C(=O)C[C@@H](C)[C@]12Oc1c(Cl)ccc(OCCOC3CCCCO3)c1C2=O. The van der Waals surface area contributed by atoms with E-state index in [9.17, 15) is 9.59 Å². The summed E-state index contributed by atoms with van der Waals surface area (Å²) < 4.78 is 29.0. The molecule has 2 aliphatic heterocycles. The molecule has 9 nitrogen and oxygen atoms in total. The van der Waals surface area contributed by atoms with Crippen molar-refractivity contribution in [3.8, 4) is 11.5 Å². The number of carbonyl (C=O) groups is 2. The van der Waals surface area contributed by atoms with Gasteiger partial charge >= 0.3 is 0 Å². The number of benzene rings is 1. The van der Waals surface area contributed by atoms with Gasteiger partial charge in [-0.05, 0) is 38.3 Å². The standard InChI is InChI=1S/C24H29ClN2O7/c1-13-12-16(28)20(27-14(2)26)23(30-3)24(13)22(29)19-17(8-7-15(25)21(19)34-24)31-10-11-33-18-6-4-5-9-32-18/h7-8,13,18H,4-6,9-12H2,1-3H3,(H2,26,27)/t13-,18?,24-/m1/s1. The van der Waals surface area contributed by atoms with Crippen molar-refractivity contribution in [1.29, 1.82) is 0 Å². The van der Waals surface area contributed by atoms with Crippen LogP contribution in [-0.2, 0) is 19.0 Å². The van der Waals surface area contributed by atoms with Gasteiger partial charge in [0.05, 0.1) is 24.6 Å². The van der Waals surface area contributed by atoms with Crippen LogP contribution in [0, 0.1) is 5.92 Å². The number of Topliss-reactive ketones (excluding diaryl/α,β-unsaturated/α-hetero) is 2. The van der Waals surface area contributed by atoms with Crippen LogP contribution in [0.3, 0.4) is 0 Å². The van der Waals surface area contributed by atoms with Gasteiger partial charge in [-0.15, -0.1) is 0 Å². The van der Waals surface area contributed by atoms with Gasteiger partial charge < -0.3 is 29.4 Å². The molecule has 34 heavy (non-hydrogen) atoms. The van der Waals surface area contributed by atoms with Gasteiger partial charge in [0.25, 0.3) is 0 Å². The van der Waals surface area contributed by atoms with Gasteiger partial charge in [0.15, 0.2) is 29.3 Å². The van der Waals surface area contributed by atoms with E-state index in [0.717, 1.165) is 19.3 Å². The van der Waals surface area contributed by atoms with E-state index < -0.39 is 17.3 Å². The van der Waals surface area contributed by atoms with Crippen molar-refractivity contribution in [2.75, 3.05) is 26.9 Å². The quantitative estimate of drug-likeness (QED) is 0.349. The van der Waals surface area contributed by atoms with E-state index in [-0.39, 0.29) is 58.7 Å². The molecular weight excluding hydrogens is 464 g/mol. The predicted octanol–water partition coefficient (Wildman–Crippen LogP) is 3.42. The zero-order chi connectivity index (χ0) is 24.5. The van der Waals surface area contributed by atoms with E-state index in [4.69, 9.17) is 41.0 Å². The molecule has 3 atom stereocenters. The number of nitrogens with two attached hydrogens (primary N) is 1. The Balaban J connectivity index is 1.64. The van der Waals surface area contributed by atoms with Crippen LogP contribution in [0.1, 0.15) is 49.9 Å². The van der Waals surface area contributed by atoms with Gasteiger partial charge in [-0.1, -0.05) is 18.5 Å². The van der Waals surface area contributed by atoms with Crippen LogP contribution >= 0.6 is 11.6 Å². The smallest absolute Gasteiger partial charge is 0.233 e. The molecule has 1 fully saturated rings. The van der Waals surface area contributed by atoms with Crippen molar-refractivity contribution < 1.29 is 33.3 Å². The van der Waals surface area contributed by atoms with Crippen LogP contribution in [0.2, 0.25) is 5.02 Å². The Hall–Kier alpha value is -2.62. The molecule has 1 saturated heterocycles. The van der Waals surface area contributed by atoms with Crippen LogP contribution in [0.25, 0.3) is 0 Å². The zero-order valence-electron chi connectivity index (χ0n) is 19.5. The average Bonchev–Trinajstić information content (AvgIpc) is 3.12. The number of aliphatic imine (C=N–C) groups is 1. The Morgan fingerprint density at radius 1 is 1.29 bits per heavy atom. The van der Waals surface area contributed by atoms with Gasteiger partial charge in [0.2, 0.25) is 11.4 Å². The molecule has 0 amide bonds. The maximum absolute atomic E-state index is 13.9. The van der Waals surface area contributed by atoms with Crippen molar-refractivity contribution in [2.24, 2.45) is 16.6 Å². The molecule has 184 valence electrons. The summed E-state index contributed by atoms with van der Waals surface area (Å²) in [5.74, 6) is -0.551. The molecule has 0 saturated carbocycles. The highest BCUT2D eigenvalue weighted by atomic mass is 35.5. The van der Waals surface area contributed by atoms with Crippen molar-refractivity contribution >= 4 is 29.0 Å². The molecule has 1 aromatic carbocycles. The first-order valence-electron chi connectivity index (χ1n) is 11.3. The number of halogens is 1. The summed E-state index contributed by atoms with van der Waals surface area (Å²) in [6, 6.07) is 3.22. The molecule has 0 aromatic heterocycles. The number of allylic oxidation sites excluding steroid dienone is 1. The van der Waals surface area contributed by atoms with Crippen molar-refractivity contribution in [2.45, 2.75) is 51.4 Å². The summed E-state index contributed by atoms with van der Waals surface area (Å²) in [5.41, 5.74) is 4.30. The highest BCUT2D eigenvalue weighted by Gasteiger charge is 2.61. The lowest BCUT2D eigenvalue weighted by molar-refractivity contribution is -0.165. The van der Waals surface area contributed by atoms with Crippen LogP contribution in [0.4, 0.5) is 0 Å². The summed E-state index contributed by atoms with van der Waals surface area (Å²) in [6.07, 6.45) is 2.75. The van der Waals surface area contributed by atoms with Gasteiger partial charge in [0, 0.05) is 18.9 Å². The topological polar surface area (TPSA) is 119 Å². The number of ketones is 2. The van der Waals surface area contributed by atoms with Gasteiger partial charge in [-0.3, -0.25) is 9.59 Å². The molecule has 0 radical (unpaired) electrons. The molecule has 0 bridgehead atoms. The number of methoxy groups -OCH3 is 1. The number of hydrogen-bond acceptors (Lipinski definition) is 8. The molecule has 10 heteroatoms. The third-order valence-corrected chi connectivity index (χ3v) is 6.47. The lowest BCUT2D eigenvalue weighted by Gasteiger charge is -2.37. The minimum absolute atomic E-state index is 0.0158. The van der Waals surface area contributed by atoms with Crippen molar-refractivity contribution in [3.63, 3.8) is 0 Å². The number of carbonyl (C=O) groups excluding carboxylic acids is 2. The largest absolute Gasteiger partial charge is 0.494 e. The lowest BCUT2D eigenvalue weighted by Crippen LogP contribution is -2.52. The van der Waals surface area contributed by atoms with E-state index in [1.54, 1.807) is 26.0 Å². The van der Waals surface area contributed by atoms with Gasteiger partial charge in [-0.2, -0.15) is 0 Å². The highest BCUT2D eigenvalue weighted by Crippen LogP contribution is 2.53. The monoisotopic (exact) mass is 492 g/mol. The summed E-state index contributed by atoms with van der Waals surface area (Å²) >= 11 is 6.41. The Bertz CT molecular complexity index is 1040. The third kappa shape index (κ3) is 4.28. The van der Waals surface area contributed by atoms with Crippen LogP contribution in [-0.4, -0.2) is 56.2 Å². The fraction of sp³-hybridized carbons (Fsp3) is 0.542. The number of nitrogens with zero attached hydrogens (tertiary/aromatic N) is 1. The minimum atomic E-state index is -1.60.